The minimum absolute atomic E-state index is 0.132. The lowest BCUT2D eigenvalue weighted by Gasteiger charge is -2.33. The van der Waals surface area contributed by atoms with Crippen molar-refractivity contribution in [1.82, 2.24) is 9.88 Å². The van der Waals surface area contributed by atoms with E-state index in [2.05, 4.69) is 40.6 Å². The monoisotopic (exact) mass is 431 g/mol. The van der Waals surface area contributed by atoms with Gasteiger partial charge in [-0.2, -0.15) is 0 Å². The molecule has 1 amide bonds. The summed E-state index contributed by atoms with van der Waals surface area (Å²) in [6, 6.07) is 16.5. The first-order valence-corrected chi connectivity index (χ1v) is 11.5. The Morgan fingerprint density at radius 1 is 1.09 bits per heavy atom. The minimum atomic E-state index is -0.229. The van der Waals surface area contributed by atoms with Gasteiger partial charge in [-0.3, -0.25) is 9.78 Å². The van der Waals surface area contributed by atoms with Crippen molar-refractivity contribution >= 4 is 22.5 Å². The Morgan fingerprint density at radius 3 is 2.62 bits per heavy atom. The molecule has 2 aliphatic rings. The van der Waals surface area contributed by atoms with E-state index in [1.807, 2.05) is 36.3 Å². The number of anilines is 1. The van der Waals surface area contributed by atoms with E-state index in [4.69, 9.17) is 9.47 Å². The van der Waals surface area contributed by atoms with Crippen LogP contribution in [0.3, 0.4) is 0 Å². The molecular weight excluding hydrogens is 402 g/mol. The molecule has 32 heavy (non-hydrogen) atoms. The molecule has 6 nitrogen and oxygen atoms in total. The average Bonchev–Trinajstić information content (AvgIpc) is 3.39. The lowest BCUT2D eigenvalue weighted by atomic mass is 10.0. The summed E-state index contributed by atoms with van der Waals surface area (Å²) in [5.74, 6) is 1.01. The SMILES string of the molecule is CNc1c(-c2ccc(OC3CCN(C(=O)C4CCCO4)CC3)cc2)ccc2cccnc12. The summed E-state index contributed by atoms with van der Waals surface area (Å²) in [6.45, 7) is 2.17. The van der Waals surface area contributed by atoms with Crippen LogP contribution in [0.15, 0.2) is 54.7 Å². The molecule has 5 rings (SSSR count). The van der Waals surface area contributed by atoms with Gasteiger partial charge < -0.3 is 19.7 Å². The third-order valence-corrected chi connectivity index (χ3v) is 6.45. The molecule has 166 valence electrons. The summed E-state index contributed by atoms with van der Waals surface area (Å²) in [7, 11) is 1.93. The van der Waals surface area contributed by atoms with Crippen LogP contribution in [0.25, 0.3) is 22.0 Å². The zero-order valence-corrected chi connectivity index (χ0v) is 18.4. The summed E-state index contributed by atoms with van der Waals surface area (Å²) in [5.41, 5.74) is 4.23. The van der Waals surface area contributed by atoms with Gasteiger partial charge in [0.15, 0.2) is 0 Å². The molecule has 0 radical (unpaired) electrons. The van der Waals surface area contributed by atoms with E-state index in [-0.39, 0.29) is 18.1 Å². The first kappa shape index (κ1) is 20.8. The summed E-state index contributed by atoms with van der Waals surface area (Å²) >= 11 is 0. The van der Waals surface area contributed by atoms with E-state index in [1.165, 1.54) is 0 Å². The van der Waals surface area contributed by atoms with E-state index >= 15 is 0 Å². The Bertz CT molecular complexity index is 1090. The van der Waals surface area contributed by atoms with Crippen LogP contribution in [0.5, 0.6) is 5.75 Å². The number of rotatable bonds is 5. The van der Waals surface area contributed by atoms with E-state index in [0.717, 1.165) is 72.2 Å². The van der Waals surface area contributed by atoms with Crippen molar-refractivity contribution < 1.29 is 14.3 Å². The van der Waals surface area contributed by atoms with Gasteiger partial charge in [0.2, 0.25) is 0 Å². The normalized spacial score (nSPS) is 19.3. The zero-order valence-electron chi connectivity index (χ0n) is 18.4. The summed E-state index contributed by atoms with van der Waals surface area (Å²) in [5, 5.41) is 4.43. The molecule has 0 aliphatic carbocycles. The smallest absolute Gasteiger partial charge is 0.251 e. The Labute approximate surface area is 188 Å². The number of carbonyl (C=O) groups excluding carboxylic acids is 1. The van der Waals surface area contributed by atoms with Crippen LogP contribution < -0.4 is 10.1 Å². The number of fused-ring (bicyclic) bond motifs is 1. The van der Waals surface area contributed by atoms with Crippen molar-refractivity contribution in [2.24, 2.45) is 0 Å². The standard InChI is InChI=1S/C26H29N3O3/c1-27-25-22(11-8-19-4-2-14-28-24(19)25)18-6-9-20(10-7-18)32-21-12-15-29(16-13-21)26(30)23-5-3-17-31-23/h2,4,6-11,14,21,23,27H,3,5,12-13,15-17H2,1H3. The molecule has 0 bridgehead atoms. The molecule has 2 aromatic carbocycles. The second kappa shape index (κ2) is 9.17. The molecule has 2 aliphatic heterocycles. The highest BCUT2D eigenvalue weighted by Crippen LogP contribution is 2.34. The second-order valence-electron chi connectivity index (χ2n) is 8.48. The summed E-state index contributed by atoms with van der Waals surface area (Å²) < 4.78 is 11.8. The van der Waals surface area contributed by atoms with E-state index in [0.29, 0.717) is 6.61 Å². The molecule has 1 aromatic heterocycles. The van der Waals surface area contributed by atoms with Crippen molar-refractivity contribution in [2.75, 3.05) is 32.1 Å². The minimum Gasteiger partial charge on any atom is -0.490 e. The van der Waals surface area contributed by atoms with Gasteiger partial charge in [-0.25, -0.2) is 0 Å². The van der Waals surface area contributed by atoms with Gasteiger partial charge >= 0.3 is 0 Å². The lowest BCUT2D eigenvalue weighted by molar-refractivity contribution is -0.142. The Morgan fingerprint density at radius 2 is 1.91 bits per heavy atom. The van der Waals surface area contributed by atoms with Crippen LogP contribution in [-0.2, 0) is 9.53 Å². The number of hydrogen-bond acceptors (Lipinski definition) is 5. The first-order valence-electron chi connectivity index (χ1n) is 11.5. The molecule has 1 N–H and O–H groups in total. The van der Waals surface area contributed by atoms with Crippen molar-refractivity contribution in [3.8, 4) is 16.9 Å². The number of aromatic nitrogens is 1. The molecule has 2 saturated heterocycles. The van der Waals surface area contributed by atoms with Crippen LogP contribution in [0.2, 0.25) is 0 Å². The van der Waals surface area contributed by atoms with Gasteiger partial charge in [-0.1, -0.05) is 30.3 Å². The quantitative estimate of drug-likeness (QED) is 0.645. The Balaban J connectivity index is 1.23. The third-order valence-electron chi connectivity index (χ3n) is 6.45. The van der Waals surface area contributed by atoms with Crippen molar-refractivity contribution in [2.45, 2.75) is 37.9 Å². The topological polar surface area (TPSA) is 63.7 Å². The van der Waals surface area contributed by atoms with Crippen molar-refractivity contribution in [3.63, 3.8) is 0 Å². The number of benzene rings is 2. The van der Waals surface area contributed by atoms with E-state index in [9.17, 15) is 4.79 Å². The maximum atomic E-state index is 12.5. The average molecular weight is 432 g/mol. The molecule has 0 spiro atoms. The number of likely N-dealkylation sites (tertiary alicyclic amines) is 1. The van der Waals surface area contributed by atoms with Gasteiger partial charge in [0.05, 0.1) is 11.2 Å². The van der Waals surface area contributed by atoms with Gasteiger partial charge in [-0.05, 0) is 36.6 Å². The zero-order chi connectivity index (χ0) is 21.9. The van der Waals surface area contributed by atoms with Gasteiger partial charge in [0.25, 0.3) is 5.91 Å². The van der Waals surface area contributed by atoms with Crippen molar-refractivity contribution in [1.29, 1.82) is 0 Å². The molecule has 3 heterocycles. The molecule has 2 fully saturated rings. The summed E-state index contributed by atoms with van der Waals surface area (Å²) in [6.07, 6.45) is 5.26. The first-order chi connectivity index (χ1) is 15.7. The third kappa shape index (κ3) is 4.15. The molecule has 1 unspecified atom stereocenters. The number of pyridine rings is 1. The number of nitrogens with one attached hydrogen (secondary N) is 1. The Hall–Kier alpha value is -3.12. The highest BCUT2D eigenvalue weighted by molar-refractivity contribution is 5.99. The molecule has 0 saturated carbocycles. The number of nitrogens with zero attached hydrogens (tertiary/aromatic N) is 2. The van der Waals surface area contributed by atoms with Gasteiger partial charge in [0, 0.05) is 56.7 Å². The molecule has 3 aromatic rings. The number of piperidine rings is 1. The van der Waals surface area contributed by atoms with Gasteiger partial charge in [-0.15, -0.1) is 0 Å². The van der Waals surface area contributed by atoms with Crippen LogP contribution in [-0.4, -0.2) is 54.7 Å². The second-order valence-corrected chi connectivity index (χ2v) is 8.48. The fourth-order valence-corrected chi connectivity index (χ4v) is 4.71. The number of hydrogen-bond donors (Lipinski definition) is 1. The van der Waals surface area contributed by atoms with Crippen LogP contribution >= 0.6 is 0 Å². The van der Waals surface area contributed by atoms with E-state index < -0.39 is 0 Å². The molecular formula is C26H29N3O3. The number of amides is 1. The molecule has 6 heteroatoms. The predicted molar refractivity (Wildman–Crippen MR) is 126 cm³/mol. The van der Waals surface area contributed by atoms with Crippen LogP contribution in [0, 0.1) is 0 Å². The van der Waals surface area contributed by atoms with Crippen LogP contribution in [0.1, 0.15) is 25.7 Å². The largest absolute Gasteiger partial charge is 0.490 e. The van der Waals surface area contributed by atoms with E-state index in [1.54, 1.807) is 0 Å². The van der Waals surface area contributed by atoms with Crippen LogP contribution in [0.4, 0.5) is 5.69 Å². The Kier molecular flexibility index (Phi) is 5.95. The maximum Gasteiger partial charge on any atom is 0.251 e. The summed E-state index contributed by atoms with van der Waals surface area (Å²) in [4.78, 5) is 19.0. The number of ether oxygens (including phenoxy) is 2. The fraction of sp³-hybridized carbons (Fsp3) is 0.385. The lowest BCUT2D eigenvalue weighted by Crippen LogP contribution is -2.45. The molecule has 1 atom stereocenters. The number of carbonyl (C=O) groups is 1. The van der Waals surface area contributed by atoms with Gasteiger partial charge in [0.1, 0.15) is 18.0 Å². The maximum absolute atomic E-state index is 12.5. The van der Waals surface area contributed by atoms with Crippen molar-refractivity contribution in [3.05, 3.63) is 54.7 Å². The predicted octanol–water partition coefficient (Wildman–Crippen LogP) is 4.49. The highest BCUT2D eigenvalue weighted by atomic mass is 16.5. The highest BCUT2D eigenvalue weighted by Gasteiger charge is 2.31. The fourth-order valence-electron chi connectivity index (χ4n) is 4.71.